The van der Waals surface area contributed by atoms with Gasteiger partial charge in [-0.25, -0.2) is 9.97 Å². The summed E-state index contributed by atoms with van der Waals surface area (Å²) in [6.07, 6.45) is 3.59. The number of aromatic nitrogens is 4. The minimum absolute atomic E-state index is 0. The molecule has 44 heavy (non-hydrogen) atoms. The maximum absolute atomic E-state index is 5.19. The molecule has 0 N–H and O–H groups in total. The van der Waals surface area contributed by atoms with Crippen LogP contribution in [0.2, 0.25) is 0 Å². The third-order valence-corrected chi connectivity index (χ3v) is 7.17. The Hall–Kier alpha value is -5.25. The van der Waals surface area contributed by atoms with Gasteiger partial charge in [0.05, 0.1) is 22.8 Å². The normalized spacial score (nSPS) is 10.5. The van der Waals surface area contributed by atoms with Crippen molar-refractivity contribution in [1.82, 2.24) is 19.9 Å². The number of benzene rings is 3. The van der Waals surface area contributed by atoms with Gasteiger partial charge in [0, 0.05) is 39.1 Å². The van der Waals surface area contributed by atoms with Gasteiger partial charge in [0.2, 0.25) is 0 Å². The third-order valence-electron chi connectivity index (χ3n) is 7.17. The van der Waals surface area contributed by atoms with E-state index in [9.17, 15) is 0 Å². The average Bonchev–Trinajstić information content (AvgIpc) is 3.10. The van der Waals surface area contributed by atoms with E-state index in [1.165, 1.54) is 0 Å². The predicted molar refractivity (Wildman–Crippen MR) is 174 cm³/mol. The summed E-state index contributed by atoms with van der Waals surface area (Å²) in [5, 5.41) is 0. The molecule has 0 bridgehead atoms. The van der Waals surface area contributed by atoms with Crippen molar-refractivity contribution in [2.45, 2.75) is 0 Å². The molecule has 0 aliphatic carbocycles. The van der Waals surface area contributed by atoms with Crippen molar-refractivity contribution in [3.8, 4) is 45.0 Å². The van der Waals surface area contributed by atoms with Crippen LogP contribution in [0.3, 0.4) is 0 Å². The molecule has 0 saturated heterocycles. The molecule has 6 heteroatoms. The second-order valence-corrected chi connectivity index (χ2v) is 10.0. The first-order valence-electron chi connectivity index (χ1n) is 14.1. The van der Waals surface area contributed by atoms with Crippen molar-refractivity contribution in [2.75, 3.05) is 4.90 Å². The molecule has 7 aromatic rings. The van der Waals surface area contributed by atoms with E-state index in [1.54, 1.807) is 12.4 Å². The topological polar surface area (TPSA) is 54.8 Å². The van der Waals surface area contributed by atoms with Gasteiger partial charge in [-0.15, -0.1) is 0 Å². The summed E-state index contributed by atoms with van der Waals surface area (Å²) in [6, 6.07) is 51.1. The number of anilines is 3. The van der Waals surface area contributed by atoms with Gasteiger partial charge in [-0.05, 0) is 82.9 Å². The Kier molecular flexibility index (Phi) is 8.77. The van der Waals surface area contributed by atoms with Crippen molar-refractivity contribution in [3.05, 3.63) is 164 Å². The zero-order valence-corrected chi connectivity index (χ0v) is 25.9. The minimum atomic E-state index is 0. The van der Waals surface area contributed by atoms with E-state index in [2.05, 4.69) is 99.8 Å². The number of hydrogen-bond donors (Lipinski definition) is 0. The summed E-state index contributed by atoms with van der Waals surface area (Å²) in [7, 11) is 0. The number of pyridine rings is 4. The van der Waals surface area contributed by atoms with Crippen LogP contribution < -0.4 is 4.90 Å². The molecule has 0 amide bonds. The summed E-state index contributed by atoms with van der Waals surface area (Å²) in [5.41, 5.74) is 8.37. The van der Waals surface area contributed by atoms with Gasteiger partial charge in [-0.2, -0.15) is 0 Å². The molecule has 0 unspecified atom stereocenters. The molecule has 0 aliphatic rings. The van der Waals surface area contributed by atoms with Gasteiger partial charge >= 0.3 is 0 Å². The smallest absolute Gasteiger partial charge is 0.140 e. The first-order valence-corrected chi connectivity index (χ1v) is 14.1. The molecule has 0 saturated carbocycles. The maximum atomic E-state index is 5.19. The van der Waals surface area contributed by atoms with Gasteiger partial charge in [0.25, 0.3) is 0 Å². The Labute approximate surface area is 271 Å². The van der Waals surface area contributed by atoms with Gasteiger partial charge in [-0.3, -0.25) is 14.9 Å². The number of para-hydroxylation sites is 1. The fourth-order valence-corrected chi connectivity index (χ4v) is 5.11. The van der Waals surface area contributed by atoms with Crippen LogP contribution in [0.1, 0.15) is 0 Å². The molecule has 0 atom stereocenters. The van der Waals surface area contributed by atoms with E-state index >= 15 is 0 Å². The predicted octanol–water partition coefficient (Wildman–Crippen LogP) is 9.40. The fraction of sp³-hybridized carbons (Fsp3) is 0. The van der Waals surface area contributed by atoms with Gasteiger partial charge in [0.15, 0.2) is 0 Å². The molecular weight excluding hydrogens is 722 g/mol. The summed E-state index contributed by atoms with van der Waals surface area (Å²) >= 11 is 0. The molecule has 0 radical (unpaired) electrons. The van der Waals surface area contributed by atoms with Crippen LogP contribution in [-0.4, -0.2) is 19.9 Å². The van der Waals surface area contributed by atoms with Crippen LogP contribution in [0, 0.1) is 0 Å². The van der Waals surface area contributed by atoms with Crippen molar-refractivity contribution >= 4 is 17.3 Å². The van der Waals surface area contributed by atoms with Crippen molar-refractivity contribution < 1.29 is 21.1 Å². The Morgan fingerprint density at radius 1 is 0.364 bits per heavy atom. The average molecular weight is 749 g/mol. The molecule has 214 valence electrons. The summed E-state index contributed by atoms with van der Waals surface area (Å²) in [4.78, 5) is 21.8. The van der Waals surface area contributed by atoms with Crippen LogP contribution in [0.25, 0.3) is 45.0 Å². The number of nitrogens with zero attached hydrogens (tertiary/aromatic N) is 5. The largest absolute Gasteiger partial charge is 0.279 e. The molecule has 3 aromatic carbocycles. The Morgan fingerprint density at radius 2 is 0.773 bits per heavy atom. The van der Waals surface area contributed by atoms with Crippen LogP contribution in [0.4, 0.5) is 17.3 Å². The molecule has 4 heterocycles. The maximum Gasteiger partial charge on any atom is 0.140 e. The van der Waals surface area contributed by atoms with Crippen LogP contribution in [0.15, 0.2) is 164 Å². The Morgan fingerprint density at radius 3 is 1.18 bits per heavy atom. The first kappa shape index (κ1) is 28.8. The van der Waals surface area contributed by atoms with E-state index in [0.717, 1.165) is 62.4 Å². The summed E-state index contributed by atoms with van der Waals surface area (Å²) in [5.74, 6) is 1.47. The first-order chi connectivity index (χ1) is 21.3. The van der Waals surface area contributed by atoms with Crippen molar-refractivity contribution in [1.29, 1.82) is 0 Å². The molecule has 4 aromatic heterocycles. The molecule has 0 aliphatic heterocycles. The second-order valence-electron chi connectivity index (χ2n) is 10.0. The van der Waals surface area contributed by atoms with Gasteiger partial charge < -0.3 is 0 Å². The van der Waals surface area contributed by atoms with Crippen LogP contribution >= 0.6 is 0 Å². The standard InChI is InChI=1S/C38H27N5.Pt/c1-4-14-28(15-5-1)30-24-35(33-20-10-12-22-39-33)41-37(26-30)43(32-18-8-3-9-19-32)38-27-31(29-16-6-2-7-17-29)25-36(42-38)34-21-11-13-23-40-34;/h1-27H;. The van der Waals surface area contributed by atoms with Gasteiger partial charge in [0.1, 0.15) is 11.6 Å². The van der Waals surface area contributed by atoms with E-state index < -0.39 is 0 Å². The van der Waals surface area contributed by atoms with Crippen molar-refractivity contribution in [3.63, 3.8) is 0 Å². The second kappa shape index (κ2) is 13.4. The van der Waals surface area contributed by atoms with Crippen LogP contribution in [0.5, 0.6) is 0 Å². The molecular formula is C38H27N5Pt. The zero-order chi connectivity index (χ0) is 28.8. The van der Waals surface area contributed by atoms with E-state index in [1.807, 2.05) is 66.7 Å². The zero-order valence-electron chi connectivity index (χ0n) is 23.6. The molecule has 5 nitrogen and oxygen atoms in total. The van der Waals surface area contributed by atoms with Gasteiger partial charge in [-0.1, -0.05) is 91.0 Å². The monoisotopic (exact) mass is 748 g/mol. The Bertz CT molecular complexity index is 1710. The fourth-order valence-electron chi connectivity index (χ4n) is 5.11. The third kappa shape index (κ3) is 6.24. The number of hydrogen-bond acceptors (Lipinski definition) is 5. The quantitative estimate of drug-likeness (QED) is 0.163. The van der Waals surface area contributed by atoms with Crippen molar-refractivity contribution in [2.24, 2.45) is 0 Å². The van der Waals surface area contributed by atoms with Crippen LogP contribution in [-0.2, 0) is 21.1 Å². The molecule has 7 rings (SSSR count). The summed E-state index contributed by atoms with van der Waals surface area (Å²) < 4.78 is 0. The molecule has 0 spiro atoms. The minimum Gasteiger partial charge on any atom is -0.279 e. The van der Waals surface area contributed by atoms with E-state index in [0.29, 0.717) is 0 Å². The molecule has 0 fully saturated rings. The summed E-state index contributed by atoms with van der Waals surface area (Å²) in [6.45, 7) is 0. The Balaban J connectivity index is 0.00000343. The number of rotatable bonds is 7. The van der Waals surface area contributed by atoms with E-state index in [4.69, 9.17) is 9.97 Å². The SMILES string of the molecule is [Pt].c1ccc(-c2cc(-c3ccccn3)nc(N(c3ccccc3)c3cc(-c4ccccc4)cc(-c4ccccn4)n3)c2)cc1. The van der Waals surface area contributed by atoms with E-state index in [-0.39, 0.29) is 21.1 Å².